The molecular formula is C24H26FIN4O3S. The van der Waals surface area contributed by atoms with Crippen LogP contribution in [0.5, 0.6) is 0 Å². The average Bonchev–Trinajstić information content (AvgIpc) is 3.37. The van der Waals surface area contributed by atoms with Crippen molar-refractivity contribution in [1.82, 2.24) is 15.2 Å². The number of halogens is 2. The van der Waals surface area contributed by atoms with Gasteiger partial charge in [0.05, 0.1) is 17.3 Å². The molecule has 1 atom stereocenters. The first kappa shape index (κ1) is 24.6. The Hall–Kier alpha value is -2.47. The van der Waals surface area contributed by atoms with Gasteiger partial charge in [0.15, 0.2) is 0 Å². The third-order valence-corrected chi connectivity index (χ3v) is 7.08. The fraction of sp³-hybridized carbons (Fsp3) is 0.375. The van der Waals surface area contributed by atoms with E-state index in [2.05, 4.69) is 15.6 Å². The maximum atomic E-state index is 14.5. The minimum absolute atomic E-state index is 0.146. The van der Waals surface area contributed by atoms with E-state index < -0.39 is 11.4 Å². The molecule has 0 unspecified atom stereocenters. The minimum atomic E-state index is -0.582. The first-order valence-electron chi connectivity index (χ1n) is 11.0. The second-order valence-electron chi connectivity index (χ2n) is 9.09. The highest BCUT2D eigenvalue weighted by atomic mass is 127. The van der Waals surface area contributed by atoms with Crippen LogP contribution in [0.3, 0.4) is 0 Å². The lowest BCUT2D eigenvalue weighted by atomic mass is 10.1. The number of carbonyl (C=O) groups is 2. The lowest BCUT2D eigenvalue weighted by Gasteiger charge is -2.28. The molecule has 0 saturated carbocycles. The molecule has 7 nitrogen and oxygen atoms in total. The molecule has 1 aliphatic heterocycles. The molecule has 10 heteroatoms. The Balaban J connectivity index is 1.54. The van der Waals surface area contributed by atoms with Crippen LogP contribution in [0.4, 0.5) is 19.9 Å². The molecule has 2 aromatic heterocycles. The Morgan fingerprint density at radius 1 is 1.32 bits per heavy atom. The van der Waals surface area contributed by atoms with Crippen molar-refractivity contribution in [1.29, 1.82) is 0 Å². The molecule has 1 fully saturated rings. The number of pyridine rings is 1. The van der Waals surface area contributed by atoms with Gasteiger partial charge >= 0.3 is 6.09 Å². The van der Waals surface area contributed by atoms with Gasteiger partial charge in [0.25, 0.3) is 5.91 Å². The highest BCUT2D eigenvalue weighted by molar-refractivity contribution is 14.1. The van der Waals surface area contributed by atoms with Gasteiger partial charge in [0.2, 0.25) is 0 Å². The van der Waals surface area contributed by atoms with Crippen LogP contribution in [-0.4, -0.2) is 46.6 Å². The number of anilines is 2. The van der Waals surface area contributed by atoms with Gasteiger partial charge in [-0.2, -0.15) is 0 Å². The van der Waals surface area contributed by atoms with Gasteiger partial charge in [0.1, 0.15) is 21.2 Å². The zero-order valence-electron chi connectivity index (χ0n) is 19.2. The number of carbonyl (C=O) groups excluding carboxylic acids is 2. The standard InChI is InChI=1S/C24H26FIN4O3S/c1-24(2,3)33-23(32)30-11-5-6-15(30)13-28-20(31)19-16-7-4-10-27-21(16)34-22(19)29-18-9-8-14(26)12-17(18)25/h4,7-10,12,15,29H,5-6,11,13H2,1-3H3,(H,28,31)/t15-/m0/s1. The summed E-state index contributed by atoms with van der Waals surface area (Å²) >= 11 is 3.34. The molecule has 180 valence electrons. The van der Waals surface area contributed by atoms with E-state index in [1.54, 1.807) is 29.3 Å². The molecule has 0 bridgehead atoms. The van der Waals surface area contributed by atoms with Crippen molar-refractivity contribution in [3.8, 4) is 0 Å². The van der Waals surface area contributed by atoms with E-state index in [9.17, 15) is 14.0 Å². The molecule has 1 saturated heterocycles. The van der Waals surface area contributed by atoms with Gasteiger partial charge in [0, 0.05) is 28.2 Å². The van der Waals surface area contributed by atoms with Gasteiger partial charge in [-0.25, -0.2) is 14.2 Å². The van der Waals surface area contributed by atoms with E-state index in [1.165, 1.54) is 17.4 Å². The molecule has 34 heavy (non-hydrogen) atoms. The zero-order valence-corrected chi connectivity index (χ0v) is 22.1. The number of aromatic nitrogens is 1. The van der Waals surface area contributed by atoms with Crippen molar-refractivity contribution in [2.24, 2.45) is 0 Å². The minimum Gasteiger partial charge on any atom is -0.444 e. The largest absolute Gasteiger partial charge is 0.444 e. The summed E-state index contributed by atoms with van der Waals surface area (Å²) < 4.78 is 20.8. The van der Waals surface area contributed by atoms with Crippen molar-refractivity contribution in [2.45, 2.75) is 45.3 Å². The van der Waals surface area contributed by atoms with Crippen molar-refractivity contribution in [3.05, 3.63) is 51.5 Å². The van der Waals surface area contributed by atoms with E-state index in [1.807, 2.05) is 49.4 Å². The second-order valence-corrected chi connectivity index (χ2v) is 11.3. The summed E-state index contributed by atoms with van der Waals surface area (Å²) in [7, 11) is 0. The fourth-order valence-corrected chi connectivity index (χ4v) is 5.37. The maximum Gasteiger partial charge on any atom is 0.410 e. The fourth-order valence-electron chi connectivity index (χ4n) is 3.87. The van der Waals surface area contributed by atoms with E-state index in [-0.39, 0.29) is 23.7 Å². The Bertz CT molecular complexity index is 1230. The molecule has 2 N–H and O–H groups in total. The van der Waals surface area contributed by atoms with Crippen LogP contribution in [0.25, 0.3) is 10.2 Å². The maximum absolute atomic E-state index is 14.5. The summed E-state index contributed by atoms with van der Waals surface area (Å²) in [5.74, 6) is -0.702. The highest BCUT2D eigenvalue weighted by Gasteiger charge is 2.32. The summed E-state index contributed by atoms with van der Waals surface area (Å²) in [5.41, 5.74) is 0.113. The molecule has 2 amide bonds. The molecule has 4 rings (SSSR count). The van der Waals surface area contributed by atoms with Crippen molar-refractivity contribution in [3.63, 3.8) is 0 Å². The molecule has 3 aromatic rings. The number of ether oxygens (including phenoxy) is 1. The van der Waals surface area contributed by atoms with Gasteiger partial charge in [-0.05, 0) is 86.5 Å². The Morgan fingerprint density at radius 3 is 2.85 bits per heavy atom. The van der Waals surface area contributed by atoms with Gasteiger partial charge in [-0.1, -0.05) is 11.3 Å². The number of fused-ring (bicyclic) bond motifs is 1. The molecule has 0 spiro atoms. The number of amides is 2. The quantitative estimate of drug-likeness (QED) is 0.358. The number of benzene rings is 1. The van der Waals surface area contributed by atoms with Crippen LogP contribution < -0.4 is 10.6 Å². The first-order valence-corrected chi connectivity index (χ1v) is 12.9. The number of nitrogens with one attached hydrogen (secondary N) is 2. The van der Waals surface area contributed by atoms with Gasteiger partial charge in [-0.3, -0.25) is 4.79 Å². The predicted molar refractivity (Wildman–Crippen MR) is 140 cm³/mol. The van der Waals surface area contributed by atoms with E-state index in [0.29, 0.717) is 33.9 Å². The summed E-state index contributed by atoms with van der Waals surface area (Å²) in [4.78, 5) is 32.6. The molecule has 0 radical (unpaired) electrons. The van der Waals surface area contributed by atoms with Crippen molar-refractivity contribution in [2.75, 3.05) is 18.4 Å². The Labute approximate surface area is 215 Å². The SMILES string of the molecule is CC(C)(C)OC(=O)N1CCC[C@H]1CNC(=O)c1c(Nc2ccc(I)cc2F)sc2ncccc12. The van der Waals surface area contributed by atoms with Gasteiger partial charge in [-0.15, -0.1) is 0 Å². The topological polar surface area (TPSA) is 83.6 Å². The summed E-state index contributed by atoms with van der Waals surface area (Å²) in [6.07, 6.45) is 2.92. The predicted octanol–water partition coefficient (Wildman–Crippen LogP) is 5.91. The summed E-state index contributed by atoms with van der Waals surface area (Å²) in [5, 5.41) is 7.25. The van der Waals surface area contributed by atoms with E-state index >= 15 is 0 Å². The van der Waals surface area contributed by atoms with E-state index in [4.69, 9.17) is 4.74 Å². The van der Waals surface area contributed by atoms with Gasteiger partial charge < -0.3 is 20.3 Å². The number of thiophene rings is 1. The average molecular weight is 596 g/mol. The van der Waals surface area contributed by atoms with E-state index in [0.717, 1.165) is 16.4 Å². The first-order chi connectivity index (χ1) is 16.1. The van der Waals surface area contributed by atoms with Crippen LogP contribution in [0.15, 0.2) is 36.5 Å². The third kappa shape index (κ3) is 5.60. The van der Waals surface area contributed by atoms with Crippen LogP contribution in [-0.2, 0) is 4.74 Å². The summed E-state index contributed by atoms with van der Waals surface area (Å²) in [6.45, 7) is 6.39. The van der Waals surface area contributed by atoms with Crippen LogP contribution in [0.2, 0.25) is 0 Å². The zero-order chi connectivity index (χ0) is 24.5. The number of likely N-dealkylation sites (tertiary alicyclic amines) is 1. The second kappa shape index (κ2) is 10.0. The van der Waals surface area contributed by atoms with Crippen LogP contribution in [0, 0.1) is 9.39 Å². The van der Waals surface area contributed by atoms with Crippen molar-refractivity contribution >= 4 is 66.8 Å². The van der Waals surface area contributed by atoms with Crippen LogP contribution in [0.1, 0.15) is 44.0 Å². The third-order valence-electron chi connectivity index (χ3n) is 5.38. The van der Waals surface area contributed by atoms with Crippen molar-refractivity contribution < 1.29 is 18.7 Å². The molecule has 3 heterocycles. The number of nitrogens with zero attached hydrogens (tertiary/aromatic N) is 2. The Morgan fingerprint density at radius 2 is 2.12 bits per heavy atom. The molecular weight excluding hydrogens is 570 g/mol. The lowest BCUT2D eigenvalue weighted by molar-refractivity contribution is 0.0225. The monoisotopic (exact) mass is 596 g/mol. The lowest BCUT2D eigenvalue weighted by Crippen LogP contribution is -2.45. The van der Waals surface area contributed by atoms with Crippen LogP contribution >= 0.6 is 33.9 Å². The smallest absolute Gasteiger partial charge is 0.410 e. The Kier molecular flexibility index (Phi) is 7.27. The molecule has 0 aliphatic carbocycles. The number of hydrogen-bond acceptors (Lipinski definition) is 6. The number of hydrogen-bond donors (Lipinski definition) is 2. The highest BCUT2D eigenvalue weighted by Crippen LogP contribution is 2.37. The normalized spacial score (nSPS) is 16.0. The summed E-state index contributed by atoms with van der Waals surface area (Å²) in [6, 6.07) is 8.32. The molecule has 1 aromatic carbocycles. The number of rotatable bonds is 5. The molecule has 1 aliphatic rings.